The van der Waals surface area contributed by atoms with Crippen LogP contribution in [0.15, 0.2) is 48.8 Å². The molecule has 1 amide bonds. The summed E-state index contributed by atoms with van der Waals surface area (Å²) in [6.45, 7) is 1.82. The highest BCUT2D eigenvalue weighted by molar-refractivity contribution is 5.94. The Morgan fingerprint density at radius 3 is 2.62 bits per heavy atom. The summed E-state index contributed by atoms with van der Waals surface area (Å²) in [7, 11) is 1.86. The lowest BCUT2D eigenvalue weighted by molar-refractivity contribution is 0.0743. The van der Waals surface area contributed by atoms with Crippen molar-refractivity contribution in [2.75, 3.05) is 20.1 Å². The molecule has 2 heterocycles. The predicted octanol–water partition coefficient (Wildman–Crippen LogP) is 3.15. The van der Waals surface area contributed by atoms with E-state index in [1.807, 2.05) is 30.1 Å². The van der Waals surface area contributed by atoms with Crippen LogP contribution in [-0.2, 0) is 0 Å². The number of halogens is 2. The average Bonchev–Trinajstić information content (AvgIpc) is 3.09. The number of likely N-dealkylation sites (N-methyl/N-ethyl adjacent to an activating group) is 1. The van der Waals surface area contributed by atoms with E-state index in [1.54, 1.807) is 30.6 Å². The van der Waals surface area contributed by atoms with Gasteiger partial charge in [0.1, 0.15) is 11.5 Å². The lowest BCUT2D eigenvalue weighted by atomic mass is 10.1. The minimum atomic E-state index is 0. The van der Waals surface area contributed by atoms with Gasteiger partial charge in [0, 0.05) is 37.6 Å². The molecule has 5 nitrogen and oxygen atoms in total. The second-order valence-electron chi connectivity index (χ2n) is 5.38. The molecule has 24 heavy (non-hydrogen) atoms. The average molecular weight is 370 g/mol. The zero-order valence-electron chi connectivity index (χ0n) is 13.3. The van der Waals surface area contributed by atoms with Crippen LogP contribution in [-0.4, -0.2) is 42.0 Å². The van der Waals surface area contributed by atoms with Gasteiger partial charge in [-0.25, -0.2) is 0 Å². The monoisotopic (exact) mass is 369 g/mol. The molecule has 130 valence electrons. The molecule has 0 aliphatic carbocycles. The summed E-state index contributed by atoms with van der Waals surface area (Å²) >= 11 is 0. The van der Waals surface area contributed by atoms with Gasteiger partial charge >= 0.3 is 0 Å². The highest BCUT2D eigenvalue weighted by Crippen LogP contribution is 2.22. The molecule has 2 aromatic rings. The molecule has 1 fully saturated rings. The highest BCUT2D eigenvalue weighted by Gasteiger charge is 2.24. The van der Waals surface area contributed by atoms with Gasteiger partial charge in [0.25, 0.3) is 5.91 Å². The number of nitrogens with one attached hydrogen (secondary N) is 1. The lowest BCUT2D eigenvalue weighted by Gasteiger charge is -2.24. The first-order valence-corrected chi connectivity index (χ1v) is 7.40. The maximum Gasteiger partial charge on any atom is 0.254 e. The van der Waals surface area contributed by atoms with Crippen LogP contribution in [0.2, 0.25) is 0 Å². The van der Waals surface area contributed by atoms with Crippen molar-refractivity contribution >= 4 is 30.7 Å². The van der Waals surface area contributed by atoms with Crippen LogP contribution in [0.4, 0.5) is 0 Å². The van der Waals surface area contributed by atoms with Gasteiger partial charge in [0.2, 0.25) is 0 Å². The summed E-state index contributed by atoms with van der Waals surface area (Å²) < 4.78 is 5.75. The third-order valence-electron chi connectivity index (χ3n) is 3.87. The Morgan fingerprint density at radius 2 is 1.96 bits per heavy atom. The number of aromatic nitrogens is 1. The van der Waals surface area contributed by atoms with E-state index in [0.29, 0.717) is 17.1 Å². The zero-order valence-corrected chi connectivity index (χ0v) is 15.0. The van der Waals surface area contributed by atoms with Crippen LogP contribution in [0, 0.1) is 0 Å². The van der Waals surface area contributed by atoms with Crippen LogP contribution in [0.1, 0.15) is 16.8 Å². The van der Waals surface area contributed by atoms with Crippen LogP contribution < -0.4 is 10.1 Å². The second-order valence-corrected chi connectivity index (χ2v) is 5.38. The SMILES string of the molecule is CN(C(=O)c1cccc(Oc2ccncc2)c1)C1CCNC1.Cl.Cl. The first-order chi connectivity index (χ1) is 10.7. The Morgan fingerprint density at radius 1 is 1.21 bits per heavy atom. The Kier molecular flexibility index (Phi) is 7.98. The summed E-state index contributed by atoms with van der Waals surface area (Å²) in [6.07, 6.45) is 4.34. The topological polar surface area (TPSA) is 54.5 Å². The maximum atomic E-state index is 12.6. The smallest absolute Gasteiger partial charge is 0.254 e. The number of rotatable bonds is 4. The minimum absolute atomic E-state index is 0. The Bertz CT molecular complexity index is 649. The van der Waals surface area contributed by atoms with Crippen LogP contribution in [0.25, 0.3) is 0 Å². The molecule has 3 rings (SSSR count). The molecule has 0 radical (unpaired) electrons. The lowest BCUT2D eigenvalue weighted by Crippen LogP contribution is -2.38. The Balaban J connectivity index is 0.00000144. The third-order valence-corrected chi connectivity index (χ3v) is 3.87. The maximum absolute atomic E-state index is 12.6. The molecule has 1 atom stereocenters. The summed E-state index contributed by atoms with van der Waals surface area (Å²) in [4.78, 5) is 18.3. The van der Waals surface area contributed by atoms with E-state index >= 15 is 0 Å². The fourth-order valence-corrected chi connectivity index (χ4v) is 2.57. The molecule has 1 aromatic heterocycles. The molecular formula is C17H21Cl2N3O2. The normalized spacial score (nSPS) is 15.8. The molecular weight excluding hydrogens is 349 g/mol. The molecule has 1 aliphatic heterocycles. The number of hydrogen-bond acceptors (Lipinski definition) is 4. The van der Waals surface area contributed by atoms with Gasteiger partial charge in [-0.1, -0.05) is 6.07 Å². The fraction of sp³-hybridized carbons (Fsp3) is 0.294. The summed E-state index contributed by atoms with van der Waals surface area (Å²) in [6, 6.07) is 11.1. The largest absolute Gasteiger partial charge is 0.457 e. The Labute approximate surface area is 154 Å². The number of ether oxygens (including phenoxy) is 1. The van der Waals surface area contributed by atoms with Crippen molar-refractivity contribution in [1.29, 1.82) is 0 Å². The van der Waals surface area contributed by atoms with Crippen molar-refractivity contribution in [1.82, 2.24) is 15.2 Å². The molecule has 1 aromatic carbocycles. The van der Waals surface area contributed by atoms with E-state index in [0.717, 1.165) is 19.5 Å². The van der Waals surface area contributed by atoms with Gasteiger partial charge in [0.05, 0.1) is 0 Å². The summed E-state index contributed by atoms with van der Waals surface area (Å²) in [5.74, 6) is 1.37. The highest BCUT2D eigenvalue weighted by atomic mass is 35.5. The molecule has 1 unspecified atom stereocenters. The first-order valence-electron chi connectivity index (χ1n) is 7.40. The number of nitrogens with zero attached hydrogens (tertiary/aromatic N) is 2. The van der Waals surface area contributed by atoms with E-state index in [9.17, 15) is 4.79 Å². The molecule has 7 heteroatoms. The number of carbonyl (C=O) groups is 1. The van der Waals surface area contributed by atoms with Gasteiger partial charge in [-0.15, -0.1) is 24.8 Å². The number of carbonyl (C=O) groups excluding carboxylic acids is 1. The van der Waals surface area contributed by atoms with E-state index in [2.05, 4.69) is 10.3 Å². The molecule has 0 saturated carbocycles. The van der Waals surface area contributed by atoms with Crippen LogP contribution >= 0.6 is 24.8 Å². The quantitative estimate of drug-likeness (QED) is 0.899. The number of hydrogen-bond donors (Lipinski definition) is 1. The first kappa shape index (κ1) is 20.2. The molecule has 1 N–H and O–H groups in total. The number of amides is 1. The van der Waals surface area contributed by atoms with Gasteiger partial charge < -0.3 is 15.0 Å². The van der Waals surface area contributed by atoms with Gasteiger partial charge in [-0.05, 0) is 43.3 Å². The molecule has 0 spiro atoms. The van der Waals surface area contributed by atoms with Crippen molar-refractivity contribution in [3.8, 4) is 11.5 Å². The van der Waals surface area contributed by atoms with E-state index in [-0.39, 0.29) is 36.8 Å². The van der Waals surface area contributed by atoms with Crippen molar-refractivity contribution in [2.24, 2.45) is 0 Å². The molecule has 0 bridgehead atoms. The van der Waals surface area contributed by atoms with Gasteiger partial charge in [0.15, 0.2) is 0 Å². The number of pyridine rings is 1. The minimum Gasteiger partial charge on any atom is -0.457 e. The zero-order chi connectivity index (χ0) is 15.4. The van der Waals surface area contributed by atoms with E-state index in [1.165, 1.54) is 0 Å². The summed E-state index contributed by atoms with van der Waals surface area (Å²) in [5, 5.41) is 3.28. The van der Waals surface area contributed by atoms with Crippen molar-refractivity contribution in [3.63, 3.8) is 0 Å². The van der Waals surface area contributed by atoms with Crippen molar-refractivity contribution in [2.45, 2.75) is 12.5 Å². The van der Waals surface area contributed by atoms with Crippen molar-refractivity contribution < 1.29 is 9.53 Å². The van der Waals surface area contributed by atoms with E-state index < -0.39 is 0 Å². The second kappa shape index (κ2) is 9.47. The van der Waals surface area contributed by atoms with Gasteiger partial charge in [-0.3, -0.25) is 9.78 Å². The standard InChI is InChI=1S/C17H19N3O2.2ClH/c1-20(14-5-8-19-12-14)17(21)13-3-2-4-16(11-13)22-15-6-9-18-10-7-15;;/h2-4,6-7,9-11,14,19H,5,8,12H2,1H3;2*1H. The van der Waals surface area contributed by atoms with E-state index in [4.69, 9.17) is 4.74 Å². The predicted molar refractivity (Wildman–Crippen MR) is 98.6 cm³/mol. The van der Waals surface area contributed by atoms with Crippen LogP contribution in [0.5, 0.6) is 11.5 Å². The molecule has 1 saturated heterocycles. The fourth-order valence-electron chi connectivity index (χ4n) is 2.57. The van der Waals surface area contributed by atoms with Crippen molar-refractivity contribution in [3.05, 3.63) is 54.4 Å². The van der Waals surface area contributed by atoms with Crippen LogP contribution in [0.3, 0.4) is 0 Å². The summed E-state index contributed by atoms with van der Waals surface area (Å²) in [5.41, 5.74) is 0.640. The molecule has 1 aliphatic rings. The van der Waals surface area contributed by atoms with Gasteiger partial charge in [-0.2, -0.15) is 0 Å². The Hall–Kier alpha value is -1.82. The number of benzene rings is 1. The third kappa shape index (κ3) is 4.84.